The number of alkyl halides is 3. The van der Waals surface area contributed by atoms with Crippen molar-refractivity contribution >= 4 is 0 Å². The van der Waals surface area contributed by atoms with E-state index in [4.69, 9.17) is 10.2 Å². The molecule has 2 aromatic rings. The van der Waals surface area contributed by atoms with Crippen molar-refractivity contribution in [2.45, 2.75) is 19.3 Å². The van der Waals surface area contributed by atoms with Crippen molar-refractivity contribution < 1.29 is 22.3 Å². The van der Waals surface area contributed by atoms with E-state index in [1.165, 1.54) is 24.3 Å². The summed E-state index contributed by atoms with van der Waals surface area (Å²) in [6.07, 6.45) is -4.69. The van der Waals surface area contributed by atoms with Crippen LogP contribution in [0.2, 0.25) is 0 Å². The van der Waals surface area contributed by atoms with Crippen LogP contribution in [-0.2, 0) is 0 Å². The topological polar surface area (TPSA) is 48.4 Å². The molecule has 1 atom stereocenters. The molecule has 0 aliphatic carbocycles. The monoisotopic (exact) mass is 271 g/mol. The highest BCUT2D eigenvalue weighted by molar-refractivity contribution is 5.32. The average molecular weight is 271 g/mol. The van der Waals surface area contributed by atoms with Crippen LogP contribution in [0, 0.1) is 6.92 Å². The van der Waals surface area contributed by atoms with E-state index in [-0.39, 0.29) is 5.75 Å². The molecule has 2 N–H and O–H groups in total. The first kappa shape index (κ1) is 13.5. The zero-order valence-electron chi connectivity index (χ0n) is 10.1. The second-order valence-electron chi connectivity index (χ2n) is 4.04. The highest BCUT2D eigenvalue weighted by Crippen LogP contribution is 2.26. The number of benzene rings is 1. The molecule has 3 nitrogen and oxygen atoms in total. The lowest BCUT2D eigenvalue weighted by molar-refractivity contribution is -0.274. The third-order valence-corrected chi connectivity index (χ3v) is 2.54. The molecule has 0 saturated heterocycles. The van der Waals surface area contributed by atoms with Crippen LogP contribution in [-0.4, -0.2) is 6.36 Å². The van der Waals surface area contributed by atoms with Gasteiger partial charge in [-0.2, -0.15) is 0 Å². The van der Waals surface area contributed by atoms with Crippen molar-refractivity contribution in [2.24, 2.45) is 5.73 Å². The molecule has 0 fully saturated rings. The Hall–Kier alpha value is -1.95. The Bertz CT molecular complexity index is 546. The van der Waals surface area contributed by atoms with Gasteiger partial charge in [-0.25, -0.2) is 0 Å². The summed E-state index contributed by atoms with van der Waals surface area (Å²) in [5.74, 6) is 1.00. The molecule has 0 amide bonds. The lowest BCUT2D eigenvalue weighted by Crippen LogP contribution is -2.17. The molecule has 102 valence electrons. The van der Waals surface area contributed by atoms with E-state index in [0.29, 0.717) is 11.3 Å². The maximum atomic E-state index is 12.0. The molecule has 19 heavy (non-hydrogen) atoms. The number of hydrogen-bond acceptors (Lipinski definition) is 3. The van der Waals surface area contributed by atoms with Gasteiger partial charge in [0.1, 0.15) is 17.3 Å². The van der Waals surface area contributed by atoms with E-state index < -0.39 is 12.4 Å². The predicted molar refractivity (Wildman–Crippen MR) is 62.6 cm³/mol. The SMILES string of the molecule is Cc1ccc(C(N)c2ccc(OC(F)(F)F)cc2)o1. The minimum absolute atomic E-state index is 0.279. The largest absolute Gasteiger partial charge is 0.573 e. The molecule has 1 aromatic carbocycles. The highest BCUT2D eigenvalue weighted by atomic mass is 19.4. The summed E-state index contributed by atoms with van der Waals surface area (Å²) in [7, 11) is 0. The summed E-state index contributed by atoms with van der Waals surface area (Å²) in [5.41, 5.74) is 6.59. The van der Waals surface area contributed by atoms with Crippen LogP contribution >= 0.6 is 0 Å². The Morgan fingerprint density at radius 1 is 1.11 bits per heavy atom. The normalized spacial score (nSPS) is 13.3. The van der Waals surface area contributed by atoms with Crippen LogP contribution in [0.1, 0.15) is 23.1 Å². The van der Waals surface area contributed by atoms with Gasteiger partial charge in [-0.1, -0.05) is 12.1 Å². The number of halogens is 3. The average Bonchev–Trinajstić information content (AvgIpc) is 2.74. The van der Waals surface area contributed by atoms with Crippen LogP contribution in [0.3, 0.4) is 0 Å². The lowest BCUT2D eigenvalue weighted by atomic mass is 10.1. The minimum atomic E-state index is -4.69. The number of furan rings is 1. The Balaban J connectivity index is 2.14. The molecule has 0 aliphatic heterocycles. The Labute approximate surface area is 107 Å². The van der Waals surface area contributed by atoms with Crippen molar-refractivity contribution in [1.82, 2.24) is 0 Å². The zero-order chi connectivity index (χ0) is 14.0. The van der Waals surface area contributed by atoms with Crippen LogP contribution in [0.15, 0.2) is 40.8 Å². The number of rotatable bonds is 3. The van der Waals surface area contributed by atoms with Gasteiger partial charge in [0, 0.05) is 0 Å². The summed E-state index contributed by atoms with van der Waals surface area (Å²) in [6, 6.07) is 8.38. The van der Waals surface area contributed by atoms with E-state index in [2.05, 4.69) is 4.74 Å². The van der Waals surface area contributed by atoms with Crippen LogP contribution in [0.4, 0.5) is 13.2 Å². The van der Waals surface area contributed by atoms with Gasteiger partial charge in [0.25, 0.3) is 0 Å². The Kier molecular flexibility index (Phi) is 3.53. The Morgan fingerprint density at radius 2 is 1.74 bits per heavy atom. The summed E-state index contributed by atoms with van der Waals surface area (Å²) in [6.45, 7) is 1.79. The predicted octanol–water partition coefficient (Wildman–Crippen LogP) is 3.53. The van der Waals surface area contributed by atoms with Gasteiger partial charge in [0.2, 0.25) is 0 Å². The first-order valence-corrected chi connectivity index (χ1v) is 5.53. The summed E-state index contributed by atoms with van der Waals surface area (Å²) >= 11 is 0. The second-order valence-corrected chi connectivity index (χ2v) is 4.04. The molecular weight excluding hydrogens is 259 g/mol. The van der Waals surface area contributed by atoms with E-state index in [1.54, 1.807) is 19.1 Å². The number of hydrogen-bond donors (Lipinski definition) is 1. The van der Waals surface area contributed by atoms with Gasteiger partial charge >= 0.3 is 6.36 Å². The summed E-state index contributed by atoms with van der Waals surface area (Å²) in [4.78, 5) is 0. The van der Waals surface area contributed by atoms with Crippen molar-refractivity contribution in [2.75, 3.05) is 0 Å². The van der Waals surface area contributed by atoms with Crippen LogP contribution < -0.4 is 10.5 Å². The number of ether oxygens (including phenoxy) is 1. The first-order valence-electron chi connectivity index (χ1n) is 5.53. The fraction of sp³-hybridized carbons (Fsp3) is 0.231. The smallest absolute Gasteiger partial charge is 0.464 e. The van der Waals surface area contributed by atoms with Crippen molar-refractivity contribution in [3.8, 4) is 5.75 Å². The minimum Gasteiger partial charge on any atom is -0.464 e. The van der Waals surface area contributed by atoms with Gasteiger partial charge in [0.05, 0.1) is 6.04 Å². The van der Waals surface area contributed by atoms with E-state index in [9.17, 15) is 13.2 Å². The molecular formula is C13H12F3NO2. The molecule has 2 rings (SSSR count). The van der Waals surface area contributed by atoms with Crippen molar-refractivity contribution in [3.63, 3.8) is 0 Å². The van der Waals surface area contributed by atoms with E-state index in [1.807, 2.05) is 0 Å². The highest BCUT2D eigenvalue weighted by Gasteiger charge is 2.31. The lowest BCUT2D eigenvalue weighted by Gasteiger charge is -2.12. The van der Waals surface area contributed by atoms with Crippen molar-refractivity contribution in [3.05, 3.63) is 53.5 Å². The molecule has 0 saturated carbocycles. The quantitative estimate of drug-likeness (QED) is 0.928. The second kappa shape index (κ2) is 4.97. The van der Waals surface area contributed by atoms with Crippen LogP contribution in [0.25, 0.3) is 0 Å². The number of nitrogens with two attached hydrogens (primary N) is 1. The van der Waals surface area contributed by atoms with Gasteiger partial charge in [-0.05, 0) is 36.8 Å². The van der Waals surface area contributed by atoms with Crippen LogP contribution in [0.5, 0.6) is 5.75 Å². The fourth-order valence-corrected chi connectivity index (χ4v) is 1.66. The first-order chi connectivity index (χ1) is 8.85. The Morgan fingerprint density at radius 3 is 2.21 bits per heavy atom. The van der Waals surface area contributed by atoms with Crippen molar-refractivity contribution in [1.29, 1.82) is 0 Å². The standard InChI is InChI=1S/C13H12F3NO2/c1-8-2-7-11(18-8)12(17)9-3-5-10(6-4-9)19-13(14,15)16/h2-7,12H,17H2,1H3. The third-order valence-electron chi connectivity index (χ3n) is 2.54. The molecule has 0 radical (unpaired) electrons. The molecule has 0 aliphatic rings. The summed E-state index contributed by atoms with van der Waals surface area (Å²) < 4.78 is 45.2. The van der Waals surface area contributed by atoms with Gasteiger partial charge < -0.3 is 14.9 Å². The fourth-order valence-electron chi connectivity index (χ4n) is 1.66. The maximum absolute atomic E-state index is 12.0. The third kappa shape index (κ3) is 3.51. The zero-order valence-corrected chi connectivity index (χ0v) is 10.1. The van der Waals surface area contributed by atoms with E-state index in [0.717, 1.165) is 5.76 Å². The molecule has 0 spiro atoms. The van der Waals surface area contributed by atoms with Gasteiger partial charge in [0.15, 0.2) is 0 Å². The van der Waals surface area contributed by atoms with E-state index >= 15 is 0 Å². The maximum Gasteiger partial charge on any atom is 0.573 e. The van der Waals surface area contributed by atoms with Gasteiger partial charge in [-0.15, -0.1) is 13.2 Å². The number of aryl methyl sites for hydroxylation is 1. The molecule has 1 unspecified atom stereocenters. The molecule has 1 heterocycles. The van der Waals surface area contributed by atoms with Gasteiger partial charge in [-0.3, -0.25) is 0 Å². The molecule has 1 aromatic heterocycles. The molecule has 6 heteroatoms. The molecule has 0 bridgehead atoms. The summed E-state index contributed by atoms with van der Waals surface area (Å²) in [5, 5.41) is 0.